The van der Waals surface area contributed by atoms with Crippen LogP contribution in [0, 0.1) is 29.3 Å². The van der Waals surface area contributed by atoms with Crippen molar-refractivity contribution in [3.05, 3.63) is 58.4 Å². The minimum absolute atomic E-state index is 0.0278. The molecule has 0 aromatic heterocycles. The van der Waals surface area contributed by atoms with Gasteiger partial charge in [-0.2, -0.15) is 0 Å². The lowest BCUT2D eigenvalue weighted by Gasteiger charge is -2.46. The lowest BCUT2D eigenvalue weighted by Crippen LogP contribution is -2.58. The van der Waals surface area contributed by atoms with E-state index >= 15 is 0 Å². The molecule has 36 heavy (non-hydrogen) atoms. The van der Waals surface area contributed by atoms with Crippen molar-refractivity contribution in [2.24, 2.45) is 11.8 Å². The minimum Gasteiger partial charge on any atom is -0.391 e. The average molecular weight is 548 g/mol. The van der Waals surface area contributed by atoms with Crippen LogP contribution in [0.25, 0.3) is 0 Å². The number of sulfone groups is 1. The summed E-state index contributed by atoms with van der Waals surface area (Å²) in [6, 6.07) is 4.67. The lowest BCUT2D eigenvalue weighted by atomic mass is 9.70. The predicted molar refractivity (Wildman–Crippen MR) is 125 cm³/mol. The predicted octanol–water partition coefficient (Wildman–Crippen LogP) is 3.44. The van der Waals surface area contributed by atoms with Crippen molar-refractivity contribution in [3.63, 3.8) is 0 Å². The molecule has 4 rings (SSSR count). The first-order valence-corrected chi connectivity index (χ1v) is 13.3. The molecule has 2 fully saturated rings. The Bertz CT molecular complexity index is 1270. The first-order chi connectivity index (χ1) is 16.8. The normalized spacial score (nSPS) is 27.5. The van der Waals surface area contributed by atoms with Gasteiger partial charge in [0.15, 0.2) is 27.3 Å². The monoisotopic (exact) mass is 547 g/mol. The van der Waals surface area contributed by atoms with E-state index in [4.69, 9.17) is 11.6 Å². The maximum Gasteiger partial charge on any atom is 0.255 e. The van der Waals surface area contributed by atoms with Crippen molar-refractivity contribution in [1.29, 1.82) is 0 Å². The number of carbonyl (C=O) groups is 1. The molecule has 1 amide bonds. The molecular weight excluding hydrogens is 523 g/mol. The number of amides is 1. The topological polar surface area (TPSA) is 124 Å². The van der Waals surface area contributed by atoms with Gasteiger partial charge in [0.2, 0.25) is 0 Å². The highest BCUT2D eigenvalue weighted by atomic mass is 35.5. The number of hydrogen-bond donors (Lipinski definition) is 4. The van der Waals surface area contributed by atoms with Gasteiger partial charge in [-0.3, -0.25) is 4.79 Å². The maximum absolute atomic E-state index is 13.6. The number of carbonyl (C=O) groups excluding carboxylic acids is 1. The Labute approximate surface area is 210 Å². The largest absolute Gasteiger partial charge is 0.391 e. The van der Waals surface area contributed by atoms with Crippen LogP contribution in [0.5, 0.6) is 0 Å². The summed E-state index contributed by atoms with van der Waals surface area (Å²) in [5, 5.41) is 32.5. The standard InChI is InChI=1S/C24H25ClF3NO6S/c1-11(30)22(31)24(33)13-3-4-14(24)8-16(7-13)36(34,35)20-6-12(2-5-17(20)25)23(32)29-15-9-18(26)21(28)19(27)10-15/h2,5-6,9-11,13-14,16,22,30-31,33H,3-4,7-8H2,1H3,(H,29,32)/t11?,13-,14?,16-,22?,24-/m0/s1. The first-order valence-electron chi connectivity index (χ1n) is 11.3. The lowest BCUT2D eigenvalue weighted by molar-refractivity contribution is -0.172. The Morgan fingerprint density at radius 1 is 1.08 bits per heavy atom. The van der Waals surface area contributed by atoms with E-state index in [1.165, 1.54) is 19.1 Å². The zero-order valence-corrected chi connectivity index (χ0v) is 20.7. The third-order valence-electron chi connectivity index (χ3n) is 7.38. The summed E-state index contributed by atoms with van der Waals surface area (Å²) in [7, 11) is -4.10. The molecule has 0 spiro atoms. The molecule has 12 heteroatoms. The zero-order chi connectivity index (χ0) is 26.6. The van der Waals surface area contributed by atoms with E-state index in [0.717, 1.165) is 6.07 Å². The Morgan fingerprint density at radius 2 is 1.64 bits per heavy atom. The third-order valence-corrected chi connectivity index (χ3v) is 10.0. The fraction of sp³-hybridized carbons (Fsp3) is 0.458. The number of nitrogens with one attached hydrogen (secondary N) is 1. The van der Waals surface area contributed by atoms with Gasteiger partial charge >= 0.3 is 0 Å². The molecule has 7 nitrogen and oxygen atoms in total. The van der Waals surface area contributed by atoms with Crippen molar-refractivity contribution < 1.29 is 41.7 Å². The molecule has 3 unspecified atom stereocenters. The summed E-state index contributed by atoms with van der Waals surface area (Å²) in [5.41, 5.74) is -2.13. The van der Waals surface area contributed by atoms with Crippen molar-refractivity contribution in [3.8, 4) is 0 Å². The summed E-state index contributed by atoms with van der Waals surface area (Å²) in [5.74, 6) is -6.72. The molecule has 0 aliphatic heterocycles. The Morgan fingerprint density at radius 3 is 2.17 bits per heavy atom. The van der Waals surface area contributed by atoms with Crippen LogP contribution in [0.3, 0.4) is 0 Å². The van der Waals surface area contributed by atoms with Crippen LogP contribution in [0.1, 0.15) is 43.0 Å². The summed E-state index contributed by atoms with van der Waals surface area (Å²) in [6.07, 6.45) is -1.59. The van der Waals surface area contributed by atoms with Crippen molar-refractivity contribution in [2.45, 2.75) is 60.6 Å². The molecule has 2 aliphatic carbocycles. The van der Waals surface area contributed by atoms with Gasteiger partial charge in [0.1, 0.15) is 6.10 Å². The average Bonchev–Trinajstić information content (AvgIpc) is 2.98. The molecule has 2 saturated carbocycles. The molecule has 0 heterocycles. The smallest absolute Gasteiger partial charge is 0.255 e. The van der Waals surface area contributed by atoms with Crippen LogP contribution in [0.4, 0.5) is 18.9 Å². The minimum atomic E-state index is -4.10. The van der Waals surface area contributed by atoms with Crippen LogP contribution in [-0.4, -0.2) is 52.7 Å². The van der Waals surface area contributed by atoms with Crippen molar-refractivity contribution in [1.82, 2.24) is 0 Å². The highest BCUT2D eigenvalue weighted by Gasteiger charge is 2.59. The summed E-state index contributed by atoms with van der Waals surface area (Å²) in [6.45, 7) is 1.36. The molecule has 0 saturated heterocycles. The molecule has 2 aromatic carbocycles. The number of fused-ring (bicyclic) bond motifs is 2. The summed E-state index contributed by atoms with van der Waals surface area (Å²) < 4.78 is 67.2. The van der Waals surface area contributed by atoms with Gasteiger partial charge in [0.25, 0.3) is 5.91 Å². The van der Waals surface area contributed by atoms with Crippen LogP contribution in [0.15, 0.2) is 35.2 Å². The second-order valence-electron chi connectivity index (χ2n) is 9.54. The number of benzene rings is 2. The highest BCUT2D eigenvalue weighted by molar-refractivity contribution is 7.92. The van der Waals surface area contributed by atoms with Gasteiger partial charge < -0.3 is 20.6 Å². The van der Waals surface area contributed by atoms with Crippen LogP contribution in [0.2, 0.25) is 5.02 Å². The Balaban J connectivity index is 1.59. The summed E-state index contributed by atoms with van der Waals surface area (Å²) >= 11 is 6.19. The number of aliphatic hydroxyl groups excluding tert-OH is 2. The fourth-order valence-electron chi connectivity index (χ4n) is 5.54. The van der Waals surface area contributed by atoms with E-state index in [2.05, 4.69) is 5.32 Å². The van der Waals surface area contributed by atoms with Crippen LogP contribution >= 0.6 is 11.6 Å². The highest BCUT2D eigenvalue weighted by Crippen LogP contribution is 2.54. The van der Waals surface area contributed by atoms with Gasteiger partial charge in [0.05, 0.1) is 26.9 Å². The van der Waals surface area contributed by atoms with Crippen molar-refractivity contribution >= 4 is 33.0 Å². The molecule has 2 aromatic rings. The maximum atomic E-state index is 13.6. The second-order valence-corrected chi connectivity index (χ2v) is 12.1. The van der Waals surface area contributed by atoms with E-state index in [9.17, 15) is 41.7 Å². The van der Waals surface area contributed by atoms with E-state index in [0.29, 0.717) is 25.0 Å². The van der Waals surface area contributed by atoms with E-state index in [1.54, 1.807) is 0 Å². The Hall–Kier alpha value is -2.18. The van der Waals surface area contributed by atoms with Crippen molar-refractivity contribution in [2.75, 3.05) is 5.32 Å². The molecule has 6 atom stereocenters. The number of rotatable bonds is 6. The molecule has 4 N–H and O–H groups in total. The van der Waals surface area contributed by atoms with Gasteiger partial charge in [-0.25, -0.2) is 21.6 Å². The SMILES string of the molecule is CC(O)C(O)[C@@]1(O)C2CC[C@H]1C[C@H](S(=O)(=O)c1cc(C(=O)Nc3cc(F)c(F)c(F)c3)ccc1Cl)C2. The number of aliphatic hydroxyl groups is 3. The molecule has 196 valence electrons. The number of halogens is 4. The quantitative estimate of drug-likeness (QED) is 0.411. The molecular formula is C24H25ClF3NO6S. The fourth-order valence-corrected chi connectivity index (χ4v) is 7.94. The van der Waals surface area contributed by atoms with Crippen LogP contribution < -0.4 is 5.32 Å². The first kappa shape index (κ1) is 26.9. The second kappa shape index (κ2) is 9.60. The van der Waals surface area contributed by atoms with Crippen LogP contribution in [-0.2, 0) is 9.84 Å². The zero-order valence-electron chi connectivity index (χ0n) is 19.1. The summed E-state index contributed by atoms with van der Waals surface area (Å²) in [4.78, 5) is 12.3. The number of hydrogen-bond acceptors (Lipinski definition) is 6. The third kappa shape index (κ3) is 4.51. The Kier molecular flexibility index (Phi) is 7.17. The van der Waals surface area contributed by atoms with Gasteiger partial charge in [0, 0.05) is 23.4 Å². The molecule has 2 aliphatic rings. The van der Waals surface area contributed by atoms with Gasteiger partial charge in [-0.05, 0) is 62.6 Å². The van der Waals surface area contributed by atoms with E-state index < -0.39 is 68.1 Å². The van der Waals surface area contributed by atoms with Gasteiger partial charge in [-0.1, -0.05) is 11.6 Å². The van der Waals surface area contributed by atoms with E-state index in [-0.39, 0.29) is 34.0 Å². The molecule has 0 radical (unpaired) electrons. The number of anilines is 1. The molecule has 2 bridgehead atoms. The van der Waals surface area contributed by atoms with Gasteiger partial charge in [-0.15, -0.1) is 0 Å². The van der Waals surface area contributed by atoms with E-state index in [1.807, 2.05) is 0 Å².